The fourth-order valence-corrected chi connectivity index (χ4v) is 5.78. The Morgan fingerprint density at radius 3 is 2.19 bits per heavy atom. The van der Waals surface area contributed by atoms with Gasteiger partial charge in [0, 0.05) is 5.57 Å². The highest BCUT2D eigenvalue weighted by atomic mass is 16.1. The molecule has 136 valence electrons. The molecule has 0 radical (unpaired) electrons. The second-order valence-electron chi connectivity index (χ2n) is 8.28. The molecule has 3 atom stereocenters. The van der Waals surface area contributed by atoms with E-state index in [4.69, 9.17) is 0 Å². The molecule has 0 aliphatic heterocycles. The van der Waals surface area contributed by atoms with Crippen LogP contribution in [-0.2, 0) is 4.79 Å². The summed E-state index contributed by atoms with van der Waals surface area (Å²) in [5.41, 5.74) is 5.54. The number of rotatable bonds is 3. The number of hydrogen-bond donors (Lipinski definition) is 0. The van der Waals surface area contributed by atoms with Crippen molar-refractivity contribution in [1.29, 1.82) is 0 Å². The van der Waals surface area contributed by atoms with Crippen LogP contribution in [0.3, 0.4) is 0 Å². The normalized spacial score (nSPS) is 29.3. The highest BCUT2D eigenvalue weighted by Crippen LogP contribution is 2.62. The lowest BCUT2D eigenvalue weighted by Gasteiger charge is -2.39. The molecule has 27 heavy (non-hydrogen) atoms. The van der Waals surface area contributed by atoms with Crippen LogP contribution in [-0.4, -0.2) is 30.3 Å². The number of allylic oxidation sites excluding steroid dienone is 2. The number of Topliss-reactive ketones (excluding diaryl/α,β-unsaturated/α-hetero) is 1. The SMILES string of the molecule is CN(C)[C@@]12C[C@H]3CCC=C3[C@@H]1C(=O)C(c1ccccc1)=C2c1ccccc1. The van der Waals surface area contributed by atoms with Crippen molar-refractivity contribution in [1.82, 2.24) is 4.90 Å². The molecule has 2 nitrogen and oxygen atoms in total. The highest BCUT2D eigenvalue weighted by molar-refractivity contribution is 6.35. The first-order chi connectivity index (χ1) is 13.1. The number of hydrogen-bond acceptors (Lipinski definition) is 2. The summed E-state index contributed by atoms with van der Waals surface area (Å²) in [5.74, 6) is 0.826. The predicted molar refractivity (Wildman–Crippen MR) is 110 cm³/mol. The Balaban J connectivity index is 1.83. The Kier molecular flexibility index (Phi) is 3.73. The number of likely N-dealkylation sites (N-methyl/N-ethyl adjacent to an activating group) is 1. The van der Waals surface area contributed by atoms with Crippen molar-refractivity contribution in [3.63, 3.8) is 0 Å². The van der Waals surface area contributed by atoms with Crippen LogP contribution in [0.15, 0.2) is 72.3 Å². The number of ketones is 1. The molecule has 3 aliphatic rings. The quantitative estimate of drug-likeness (QED) is 0.735. The maximum atomic E-state index is 13.9. The predicted octanol–water partition coefficient (Wildman–Crippen LogP) is 4.84. The van der Waals surface area contributed by atoms with Crippen molar-refractivity contribution in [2.45, 2.75) is 24.8 Å². The second-order valence-corrected chi connectivity index (χ2v) is 8.28. The highest BCUT2D eigenvalue weighted by Gasteiger charge is 2.62. The van der Waals surface area contributed by atoms with Crippen LogP contribution in [0.25, 0.3) is 11.1 Å². The average molecular weight is 355 g/mol. The van der Waals surface area contributed by atoms with E-state index in [-0.39, 0.29) is 11.5 Å². The van der Waals surface area contributed by atoms with Gasteiger partial charge in [0.25, 0.3) is 0 Å². The van der Waals surface area contributed by atoms with Crippen LogP contribution in [0, 0.1) is 11.8 Å². The molecular formula is C25H25NO. The molecule has 2 aromatic rings. The lowest BCUT2D eigenvalue weighted by Crippen LogP contribution is -2.47. The van der Waals surface area contributed by atoms with Crippen LogP contribution in [0.1, 0.15) is 30.4 Å². The number of nitrogens with zero attached hydrogens (tertiary/aromatic N) is 1. The van der Waals surface area contributed by atoms with E-state index in [9.17, 15) is 4.79 Å². The molecule has 1 saturated carbocycles. The Morgan fingerprint density at radius 2 is 1.56 bits per heavy atom. The van der Waals surface area contributed by atoms with Crippen LogP contribution >= 0.6 is 0 Å². The maximum absolute atomic E-state index is 13.9. The van der Waals surface area contributed by atoms with Crippen molar-refractivity contribution in [3.8, 4) is 0 Å². The third-order valence-electron chi connectivity index (χ3n) is 6.85. The minimum absolute atomic E-state index is 0.0367. The lowest BCUT2D eigenvalue weighted by molar-refractivity contribution is -0.117. The fourth-order valence-electron chi connectivity index (χ4n) is 5.78. The van der Waals surface area contributed by atoms with E-state index in [0.717, 1.165) is 24.0 Å². The van der Waals surface area contributed by atoms with Crippen molar-refractivity contribution in [2.75, 3.05) is 14.1 Å². The van der Waals surface area contributed by atoms with E-state index in [1.54, 1.807) is 0 Å². The number of benzene rings is 2. The molecule has 0 N–H and O–H groups in total. The average Bonchev–Trinajstić information content (AvgIpc) is 3.32. The molecule has 0 saturated heterocycles. The third-order valence-corrected chi connectivity index (χ3v) is 6.85. The minimum atomic E-state index is -0.236. The summed E-state index contributed by atoms with van der Waals surface area (Å²) in [4.78, 5) is 16.2. The van der Waals surface area contributed by atoms with Gasteiger partial charge in [-0.1, -0.05) is 72.3 Å². The molecule has 0 amide bonds. The second kappa shape index (κ2) is 6.03. The molecule has 0 aromatic heterocycles. The van der Waals surface area contributed by atoms with Gasteiger partial charge in [-0.3, -0.25) is 9.69 Å². The van der Waals surface area contributed by atoms with Gasteiger partial charge in [-0.25, -0.2) is 0 Å². The summed E-state index contributed by atoms with van der Waals surface area (Å²) in [6, 6.07) is 20.8. The Morgan fingerprint density at radius 1 is 0.926 bits per heavy atom. The lowest BCUT2D eigenvalue weighted by atomic mass is 9.79. The van der Waals surface area contributed by atoms with E-state index < -0.39 is 0 Å². The monoisotopic (exact) mass is 355 g/mol. The summed E-state index contributed by atoms with van der Waals surface area (Å²) in [6.45, 7) is 0. The van der Waals surface area contributed by atoms with E-state index in [1.165, 1.54) is 23.1 Å². The zero-order valence-corrected chi connectivity index (χ0v) is 16.0. The molecule has 5 rings (SSSR count). The van der Waals surface area contributed by atoms with Crippen molar-refractivity contribution in [2.24, 2.45) is 11.8 Å². The van der Waals surface area contributed by atoms with E-state index >= 15 is 0 Å². The Labute approximate surface area is 161 Å². The summed E-state index contributed by atoms with van der Waals surface area (Å²) in [5, 5.41) is 0. The molecule has 0 heterocycles. The van der Waals surface area contributed by atoms with Crippen LogP contribution in [0.4, 0.5) is 0 Å². The number of carbonyl (C=O) groups is 1. The van der Waals surface area contributed by atoms with Gasteiger partial charge in [-0.05, 0) is 56.0 Å². The molecular weight excluding hydrogens is 330 g/mol. The maximum Gasteiger partial charge on any atom is 0.173 e. The van der Waals surface area contributed by atoms with Crippen LogP contribution in [0.5, 0.6) is 0 Å². The summed E-state index contributed by atoms with van der Waals surface area (Å²) in [6.07, 6.45) is 5.71. The van der Waals surface area contributed by atoms with Gasteiger partial charge in [-0.15, -0.1) is 0 Å². The van der Waals surface area contributed by atoms with E-state index in [1.807, 2.05) is 18.2 Å². The Bertz CT molecular complexity index is 954. The van der Waals surface area contributed by atoms with Crippen molar-refractivity contribution < 1.29 is 4.79 Å². The van der Waals surface area contributed by atoms with Gasteiger partial charge in [0.15, 0.2) is 5.78 Å². The van der Waals surface area contributed by atoms with Gasteiger partial charge in [-0.2, -0.15) is 0 Å². The Hall–Kier alpha value is -2.45. The zero-order chi connectivity index (χ0) is 18.6. The number of carbonyl (C=O) groups excluding carboxylic acids is 1. The largest absolute Gasteiger partial charge is 0.299 e. The first-order valence-electron chi connectivity index (χ1n) is 9.92. The van der Waals surface area contributed by atoms with Gasteiger partial charge >= 0.3 is 0 Å². The van der Waals surface area contributed by atoms with Crippen LogP contribution in [0.2, 0.25) is 0 Å². The first-order valence-corrected chi connectivity index (χ1v) is 9.92. The smallest absolute Gasteiger partial charge is 0.173 e. The summed E-state index contributed by atoms with van der Waals surface area (Å²) in [7, 11) is 4.30. The van der Waals surface area contributed by atoms with Crippen molar-refractivity contribution >= 4 is 16.9 Å². The van der Waals surface area contributed by atoms with Gasteiger partial charge in [0.05, 0.1) is 11.5 Å². The van der Waals surface area contributed by atoms with E-state index in [0.29, 0.717) is 11.7 Å². The molecule has 0 unspecified atom stereocenters. The van der Waals surface area contributed by atoms with Crippen molar-refractivity contribution in [3.05, 3.63) is 83.4 Å². The molecule has 0 spiro atoms. The van der Waals surface area contributed by atoms with Gasteiger partial charge < -0.3 is 0 Å². The molecule has 2 heteroatoms. The first kappa shape index (κ1) is 16.7. The molecule has 0 bridgehead atoms. The number of fused-ring (bicyclic) bond motifs is 3. The summed E-state index contributed by atoms with van der Waals surface area (Å²) < 4.78 is 0. The third kappa shape index (κ3) is 2.20. The molecule has 2 aromatic carbocycles. The van der Waals surface area contributed by atoms with Gasteiger partial charge in [0.2, 0.25) is 0 Å². The van der Waals surface area contributed by atoms with Gasteiger partial charge in [0.1, 0.15) is 0 Å². The standard InChI is InChI=1S/C25H25NO/c1-26(2)25-16-19-14-9-15-20(19)23(25)24(27)21(17-10-5-3-6-11-17)22(25)18-12-7-4-8-13-18/h3-8,10-13,15,19,23H,9,14,16H2,1-2H3/t19-,23-,25-/m1/s1. The van der Waals surface area contributed by atoms with Crippen LogP contribution < -0.4 is 0 Å². The summed E-state index contributed by atoms with van der Waals surface area (Å²) >= 11 is 0. The fraction of sp³-hybridized carbons (Fsp3) is 0.320. The molecule has 3 aliphatic carbocycles. The minimum Gasteiger partial charge on any atom is -0.299 e. The zero-order valence-electron chi connectivity index (χ0n) is 16.0. The molecule has 1 fully saturated rings. The topological polar surface area (TPSA) is 20.3 Å². The van der Waals surface area contributed by atoms with E-state index in [2.05, 4.69) is 67.5 Å².